The summed E-state index contributed by atoms with van der Waals surface area (Å²) in [7, 11) is 0. The molecule has 2 aromatic rings. The zero-order valence-electron chi connectivity index (χ0n) is 14.2. The van der Waals surface area contributed by atoms with E-state index in [-0.39, 0.29) is 0 Å². The van der Waals surface area contributed by atoms with Crippen LogP contribution < -0.4 is 10.6 Å². The summed E-state index contributed by atoms with van der Waals surface area (Å²) in [5, 5.41) is 6.72. The van der Waals surface area contributed by atoms with Crippen molar-refractivity contribution in [1.29, 1.82) is 0 Å². The molecule has 0 heterocycles. The van der Waals surface area contributed by atoms with E-state index in [0.29, 0.717) is 26.4 Å². The minimum absolute atomic E-state index is 0.645. The van der Waals surface area contributed by atoms with Crippen molar-refractivity contribution in [2.75, 3.05) is 39.5 Å². The molecule has 2 aromatic carbocycles. The first-order valence-corrected chi connectivity index (χ1v) is 8.60. The van der Waals surface area contributed by atoms with Crippen LogP contribution >= 0.6 is 0 Å². The Labute approximate surface area is 145 Å². The molecule has 0 aliphatic carbocycles. The van der Waals surface area contributed by atoms with Crippen molar-refractivity contribution in [3.05, 3.63) is 71.8 Å². The summed E-state index contributed by atoms with van der Waals surface area (Å²) < 4.78 is 11.1. The highest BCUT2D eigenvalue weighted by Gasteiger charge is 1.94. The number of hydrogen-bond acceptors (Lipinski definition) is 4. The molecule has 0 aromatic heterocycles. The van der Waals surface area contributed by atoms with Gasteiger partial charge in [0.25, 0.3) is 0 Å². The molecule has 0 amide bonds. The van der Waals surface area contributed by atoms with Crippen LogP contribution in [0.2, 0.25) is 0 Å². The summed E-state index contributed by atoms with van der Waals surface area (Å²) in [5.74, 6) is 0. The van der Waals surface area contributed by atoms with Gasteiger partial charge in [-0.05, 0) is 11.1 Å². The van der Waals surface area contributed by atoms with Crippen LogP contribution in [0.3, 0.4) is 0 Å². The van der Waals surface area contributed by atoms with Gasteiger partial charge in [-0.1, -0.05) is 60.7 Å². The number of hydrogen-bond donors (Lipinski definition) is 2. The fourth-order valence-electron chi connectivity index (χ4n) is 2.27. The van der Waals surface area contributed by atoms with E-state index >= 15 is 0 Å². The standard InChI is InChI=1S/C20H28N2O2/c1-3-7-19(8-4-1)17-21-11-13-23-15-16-24-14-12-22-18-20-9-5-2-6-10-20/h1-10,21-22H,11-18H2. The lowest BCUT2D eigenvalue weighted by Gasteiger charge is -2.08. The van der Waals surface area contributed by atoms with Crippen molar-refractivity contribution in [2.24, 2.45) is 0 Å². The van der Waals surface area contributed by atoms with Crippen molar-refractivity contribution in [2.45, 2.75) is 13.1 Å². The number of nitrogens with one attached hydrogen (secondary N) is 2. The molecule has 0 aliphatic heterocycles. The van der Waals surface area contributed by atoms with E-state index in [0.717, 1.165) is 26.2 Å². The fraction of sp³-hybridized carbons (Fsp3) is 0.400. The lowest BCUT2D eigenvalue weighted by atomic mass is 10.2. The van der Waals surface area contributed by atoms with Crippen molar-refractivity contribution < 1.29 is 9.47 Å². The SMILES string of the molecule is c1ccc(CNCCOCCOCCNCc2ccccc2)cc1. The summed E-state index contributed by atoms with van der Waals surface area (Å²) in [6.07, 6.45) is 0. The third kappa shape index (κ3) is 8.79. The predicted molar refractivity (Wildman–Crippen MR) is 97.9 cm³/mol. The van der Waals surface area contributed by atoms with Gasteiger partial charge in [-0.2, -0.15) is 0 Å². The smallest absolute Gasteiger partial charge is 0.0701 e. The topological polar surface area (TPSA) is 42.5 Å². The first-order chi connectivity index (χ1) is 11.9. The van der Waals surface area contributed by atoms with Gasteiger partial charge in [0.2, 0.25) is 0 Å². The molecule has 2 N–H and O–H groups in total. The molecule has 0 atom stereocenters. The van der Waals surface area contributed by atoms with Crippen LogP contribution in [-0.4, -0.2) is 39.5 Å². The quantitative estimate of drug-likeness (QED) is 0.555. The van der Waals surface area contributed by atoms with Crippen molar-refractivity contribution >= 4 is 0 Å². The van der Waals surface area contributed by atoms with Crippen LogP contribution in [0.4, 0.5) is 0 Å². The van der Waals surface area contributed by atoms with Gasteiger partial charge in [0.05, 0.1) is 26.4 Å². The maximum Gasteiger partial charge on any atom is 0.0701 e. The van der Waals surface area contributed by atoms with Gasteiger partial charge in [0.15, 0.2) is 0 Å². The average molecular weight is 328 g/mol. The highest BCUT2D eigenvalue weighted by Crippen LogP contribution is 1.97. The Kier molecular flexibility index (Phi) is 9.83. The van der Waals surface area contributed by atoms with Crippen LogP contribution in [-0.2, 0) is 22.6 Å². The zero-order chi connectivity index (χ0) is 16.7. The van der Waals surface area contributed by atoms with Crippen LogP contribution in [0.1, 0.15) is 11.1 Å². The van der Waals surface area contributed by atoms with Crippen molar-refractivity contribution in [1.82, 2.24) is 10.6 Å². The predicted octanol–water partition coefficient (Wildman–Crippen LogP) is 2.60. The molecule has 0 fully saturated rings. The van der Waals surface area contributed by atoms with Gasteiger partial charge in [-0.15, -0.1) is 0 Å². The number of ether oxygens (including phenoxy) is 2. The van der Waals surface area contributed by atoms with E-state index in [1.807, 2.05) is 12.1 Å². The van der Waals surface area contributed by atoms with E-state index in [1.54, 1.807) is 0 Å². The first-order valence-electron chi connectivity index (χ1n) is 8.60. The molecule has 4 nitrogen and oxygen atoms in total. The second-order valence-corrected chi connectivity index (χ2v) is 5.55. The van der Waals surface area contributed by atoms with E-state index in [1.165, 1.54) is 11.1 Å². The Morgan fingerprint density at radius 1 is 0.542 bits per heavy atom. The second-order valence-electron chi connectivity index (χ2n) is 5.55. The first kappa shape index (κ1) is 18.6. The van der Waals surface area contributed by atoms with Gasteiger partial charge in [0.1, 0.15) is 0 Å². The van der Waals surface area contributed by atoms with Gasteiger partial charge in [-0.3, -0.25) is 0 Å². The Balaban J connectivity index is 1.32. The third-order valence-electron chi connectivity index (χ3n) is 3.56. The molecule has 0 bridgehead atoms. The van der Waals surface area contributed by atoms with Gasteiger partial charge in [0, 0.05) is 26.2 Å². The monoisotopic (exact) mass is 328 g/mol. The summed E-state index contributed by atoms with van der Waals surface area (Å²) >= 11 is 0. The zero-order valence-corrected chi connectivity index (χ0v) is 14.2. The minimum atomic E-state index is 0.645. The highest BCUT2D eigenvalue weighted by molar-refractivity contribution is 5.14. The summed E-state index contributed by atoms with van der Waals surface area (Å²) in [6.45, 7) is 6.19. The van der Waals surface area contributed by atoms with E-state index < -0.39 is 0 Å². The molecular formula is C20H28N2O2. The van der Waals surface area contributed by atoms with E-state index in [2.05, 4.69) is 59.2 Å². The van der Waals surface area contributed by atoms with Gasteiger partial charge in [-0.25, -0.2) is 0 Å². The normalized spacial score (nSPS) is 10.8. The Morgan fingerprint density at radius 2 is 0.958 bits per heavy atom. The average Bonchev–Trinajstić information content (AvgIpc) is 2.64. The molecule has 0 saturated heterocycles. The molecular weight excluding hydrogens is 300 g/mol. The largest absolute Gasteiger partial charge is 0.378 e. The maximum atomic E-state index is 5.54. The molecule has 0 aliphatic rings. The molecule has 0 spiro atoms. The maximum absolute atomic E-state index is 5.54. The summed E-state index contributed by atoms with van der Waals surface area (Å²) in [4.78, 5) is 0. The molecule has 4 heteroatoms. The van der Waals surface area contributed by atoms with Crippen molar-refractivity contribution in [3.8, 4) is 0 Å². The fourth-order valence-corrected chi connectivity index (χ4v) is 2.27. The second kappa shape index (κ2) is 12.7. The third-order valence-corrected chi connectivity index (χ3v) is 3.56. The van der Waals surface area contributed by atoms with Gasteiger partial charge >= 0.3 is 0 Å². The molecule has 0 saturated carbocycles. The lowest BCUT2D eigenvalue weighted by Crippen LogP contribution is -2.22. The molecule has 24 heavy (non-hydrogen) atoms. The van der Waals surface area contributed by atoms with Crippen LogP contribution in [0.25, 0.3) is 0 Å². The Hall–Kier alpha value is -1.72. The molecule has 130 valence electrons. The van der Waals surface area contributed by atoms with Crippen molar-refractivity contribution in [3.63, 3.8) is 0 Å². The van der Waals surface area contributed by atoms with E-state index in [9.17, 15) is 0 Å². The Bertz CT molecular complexity index is 470. The number of rotatable bonds is 13. The summed E-state index contributed by atoms with van der Waals surface area (Å²) in [5.41, 5.74) is 2.59. The number of benzene rings is 2. The summed E-state index contributed by atoms with van der Waals surface area (Å²) in [6, 6.07) is 20.8. The molecule has 0 unspecified atom stereocenters. The minimum Gasteiger partial charge on any atom is -0.378 e. The highest BCUT2D eigenvalue weighted by atomic mass is 16.5. The van der Waals surface area contributed by atoms with Crippen LogP contribution in [0, 0.1) is 0 Å². The van der Waals surface area contributed by atoms with Crippen LogP contribution in [0.5, 0.6) is 0 Å². The molecule has 2 rings (SSSR count). The van der Waals surface area contributed by atoms with Gasteiger partial charge < -0.3 is 20.1 Å². The van der Waals surface area contributed by atoms with Crippen LogP contribution in [0.15, 0.2) is 60.7 Å². The molecule has 0 radical (unpaired) electrons. The lowest BCUT2D eigenvalue weighted by molar-refractivity contribution is 0.0498. The Morgan fingerprint density at radius 3 is 1.38 bits per heavy atom. The van der Waals surface area contributed by atoms with E-state index in [4.69, 9.17) is 9.47 Å².